The van der Waals surface area contributed by atoms with E-state index < -0.39 is 0 Å². The Kier molecular flexibility index (Phi) is 10.3. The fourth-order valence-electron chi connectivity index (χ4n) is 7.03. The van der Waals surface area contributed by atoms with Gasteiger partial charge in [0.05, 0.1) is 0 Å². The van der Waals surface area contributed by atoms with E-state index in [-0.39, 0.29) is 0 Å². The van der Waals surface area contributed by atoms with Gasteiger partial charge in [-0.25, -0.2) is 0 Å². The van der Waals surface area contributed by atoms with E-state index >= 15 is 0 Å². The van der Waals surface area contributed by atoms with Gasteiger partial charge >= 0.3 is 0 Å². The molecule has 0 spiro atoms. The summed E-state index contributed by atoms with van der Waals surface area (Å²) in [5, 5.41) is 0. The maximum Gasteiger partial charge on any atom is 0.0175 e. The van der Waals surface area contributed by atoms with Gasteiger partial charge in [0, 0.05) is 17.9 Å². The summed E-state index contributed by atoms with van der Waals surface area (Å²) in [6.45, 7) is 0. The molecular formula is C48H30Br4. The second kappa shape index (κ2) is 15.3. The van der Waals surface area contributed by atoms with Crippen molar-refractivity contribution in [3.8, 4) is 77.9 Å². The lowest BCUT2D eigenvalue weighted by Gasteiger charge is -2.26. The van der Waals surface area contributed by atoms with Crippen molar-refractivity contribution in [1.29, 1.82) is 0 Å². The highest BCUT2D eigenvalue weighted by molar-refractivity contribution is 9.11. The molecule has 0 heterocycles. The van der Waals surface area contributed by atoms with E-state index in [1.54, 1.807) is 0 Å². The van der Waals surface area contributed by atoms with Gasteiger partial charge in [0.2, 0.25) is 0 Å². The number of hydrogen-bond acceptors (Lipinski definition) is 0. The molecule has 0 unspecified atom stereocenters. The quantitative estimate of drug-likeness (QED) is 0.149. The van der Waals surface area contributed by atoms with Crippen LogP contribution < -0.4 is 0 Å². The molecule has 0 bridgehead atoms. The van der Waals surface area contributed by atoms with Crippen molar-refractivity contribution in [3.63, 3.8) is 0 Å². The molecule has 0 aliphatic carbocycles. The standard InChI is InChI=1S/C48H30Br4/c49-36-22-14-32(15-23-36)44-30-45(43-13-7-6-12-42(43)41-11-5-4-10-40(41)31-8-2-1-3-9-31)47(34-18-26-38(51)27-19-34)48(35-20-28-39(52)29-21-35)46(44)33-16-24-37(50)25-17-33/h1-30H. The summed E-state index contributed by atoms with van der Waals surface area (Å²) in [6, 6.07) is 65.6. The van der Waals surface area contributed by atoms with Crippen LogP contribution in [-0.4, -0.2) is 0 Å². The van der Waals surface area contributed by atoms with Crippen LogP contribution in [0.25, 0.3) is 77.9 Å². The predicted octanol–water partition coefficient (Wildman–Crippen LogP) is 16.4. The van der Waals surface area contributed by atoms with Crippen LogP contribution in [0.2, 0.25) is 0 Å². The van der Waals surface area contributed by atoms with Crippen molar-refractivity contribution in [2.24, 2.45) is 0 Å². The van der Waals surface area contributed by atoms with Crippen LogP contribution in [-0.2, 0) is 0 Å². The summed E-state index contributed by atoms with van der Waals surface area (Å²) in [4.78, 5) is 0. The van der Waals surface area contributed by atoms with Crippen LogP contribution in [0.4, 0.5) is 0 Å². The lowest BCUT2D eigenvalue weighted by molar-refractivity contribution is 1.51. The number of rotatable bonds is 7. The monoisotopic (exact) mass is 922 g/mol. The van der Waals surface area contributed by atoms with E-state index in [9.17, 15) is 0 Å². The van der Waals surface area contributed by atoms with Crippen LogP contribution in [0.5, 0.6) is 0 Å². The molecule has 52 heavy (non-hydrogen) atoms. The third-order valence-electron chi connectivity index (χ3n) is 9.40. The van der Waals surface area contributed by atoms with Gasteiger partial charge in [0.15, 0.2) is 0 Å². The second-order valence-electron chi connectivity index (χ2n) is 12.6. The lowest BCUT2D eigenvalue weighted by atomic mass is 9.77. The summed E-state index contributed by atoms with van der Waals surface area (Å²) in [5.74, 6) is 0. The predicted molar refractivity (Wildman–Crippen MR) is 235 cm³/mol. The van der Waals surface area contributed by atoms with Crippen molar-refractivity contribution in [3.05, 3.63) is 200 Å². The van der Waals surface area contributed by atoms with E-state index in [1.807, 2.05) is 0 Å². The second-order valence-corrected chi connectivity index (χ2v) is 16.2. The molecule has 0 N–H and O–H groups in total. The van der Waals surface area contributed by atoms with Crippen molar-refractivity contribution >= 4 is 63.7 Å². The summed E-state index contributed by atoms with van der Waals surface area (Å²) in [7, 11) is 0. The fourth-order valence-corrected chi connectivity index (χ4v) is 8.09. The van der Waals surface area contributed by atoms with E-state index in [4.69, 9.17) is 0 Å². The van der Waals surface area contributed by atoms with E-state index in [0.717, 1.165) is 51.3 Å². The molecule has 250 valence electrons. The van der Waals surface area contributed by atoms with Crippen molar-refractivity contribution in [2.75, 3.05) is 0 Å². The highest BCUT2D eigenvalue weighted by Crippen LogP contribution is 2.52. The highest BCUT2D eigenvalue weighted by atomic mass is 79.9. The van der Waals surface area contributed by atoms with Crippen molar-refractivity contribution in [1.82, 2.24) is 0 Å². The summed E-state index contributed by atoms with van der Waals surface area (Å²) >= 11 is 14.8. The molecule has 0 nitrogen and oxygen atoms in total. The minimum atomic E-state index is 1.04. The van der Waals surface area contributed by atoms with Crippen LogP contribution in [0.3, 0.4) is 0 Å². The molecule has 0 aliphatic rings. The van der Waals surface area contributed by atoms with Gasteiger partial charge in [0.1, 0.15) is 0 Å². The van der Waals surface area contributed by atoms with Crippen LogP contribution in [0.1, 0.15) is 0 Å². The Morgan fingerprint density at radius 2 is 0.519 bits per heavy atom. The SMILES string of the molecule is Brc1ccc(-c2cc(-c3ccccc3-c3ccccc3-c3ccccc3)c(-c3ccc(Br)cc3)c(-c3ccc(Br)cc3)c2-c2ccc(Br)cc2)cc1. The third-order valence-corrected chi connectivity index (χ3v) is 11.5. The zero-order valence-electron chi connectivity index (χ0n) is 27.8. The average Bonchev–Trinajstić information content (AvgIpc) is 3.19. The Hall–Kier alpha value is -4.32. The minimum absolute atomic E-state index is 1.04. The Balaban J connectivity index is 1.55. The lowest BCUT2D eigenvalue weighted by Crippen LogP contribution is -1.99. The molecule has 0 amide bonds. The first-order valence-corrected chi connectivity index (χ1v) is 20.1. The molecule has 8 aromatic rings. The maximum atomic E-state index is 3.72. The number of halogens is 4. The Morgan fingerprint density at radius 1 is 0.212 bits per heavy atom. The largest absolute Gasteiger partial charge is 0.0622 e. The van der Waals surface area contributed by atoms with Gasteiger partial charge in [0.25, 0.3) is 0 Å². The first kappa shape index (κ1) is 34.7. The van der Waals surface area contributed by atoms with E-state index in [1.165, 1.54) is 44.5 Å². The first-order valence-electron chi connectivity index (χ1n) is 16.9. The summed E-state index contributed by atoms with van der Waals surface area (Å²) in [5.41, 5.74) is 16.4. The molecule has 0 aliphatic heterocycles. The van der Waals surface area contributed by atoms with Crippen LogP contribution in [0, 0.1) is 0 Å². The Bertz CT molecular complexity index is 2500. The minimum Gasteiger partial charge on any atom is -0.0622 e. The smallest absolute Gasteiger partial charge is 0.0175 e. The molecular weight excluding hydrogens is 896 g/mol. The van der Waals surface area contributed by atoms with Gasteiger partial charge in [-0.1, -0.05) is 191 Å². The first-order chi connectivity index (χ1) is 25.4. The normalized spacial score (nSPS) is 11.1. The third kappa shape index (κ3) is 7.06. The van der Waals surface area contributed by atoms with Gasteiger partial charge in [-0.2, -0.15) is 0 Å². The molecule has 0 aromatic heterocycles. The van der Waals surface area contributed by atoms with Crippen molar-refractivity contribution in [2.45, 2.75) is 0 Å². The van der Waals surface area contributed by atoms with Gasteiger partial charge < -0.3 is 0 Å². The topological polar surface area (TPSA) is 0 Å². The molecule has 0 radical (unpaired) electrons. The molecule has 8 rings (SSSR count). The Morgan fingerprint density at radius 3 is 0.981 bits per heavy atom. The Labute approximate surface area is 338 Å². The zero-order valence-corrected chi connectivity index (χ0v) is 34.2. The number of hydrogen-bond donors (Lipinski definition) is 0. The summed E-state index contributed by atoms with van der Waals surface area (Å²) < 4.78 is 4.17. The molecule has 0 saturated carbocycles. The van der Waals surface area contributed by atoms with Gasteiger partial charge in [-0.3, -0.25) is 0 Å². The van der Waals surface area contributed by atoms with Crippen LogP contribution >= 0.6 is 63.7 Å². The molecule has 4 heteroatoms. The highest BCUT2D eigenvalue weighted by Gasteiger charge is 2.25. The maximum absolute atomic E-state index is 3.72. The zero-order chi connectivity index (χ0) is 35.6. The number of benzene rings is 8. The molecule has 0 fully saturated rings. The molecule has 0 saturated heterocycles. The fraction of sp³-hybridized carbons (Fsp3) is 0. The average molecular weight is 926 g/mol. The van der Waals surface area contributed by atoms with E-state index in [0.29, 0.717) is 0 Å². The molecule has 8 aromatic carbocycles. The van der Waals surface area contributed by atoms with Crippen molar-refractivity contribution < 1.29 is 0 Å². The van der Waals surface area contributed by atoms with Gasteiger partial charge in [-0.05, 0) is 132 Å². The summed E-state index contributed by atoms with van der Waals surface area (Å²) in [6.07, 6.45) is 0. The molecule has 0 atom stereocenters. The van der Waals surface area contributed by atoms with Gasteiger partial charge in [-0.15, -0.1) is 0 Å². The van der Waals surface area contributed by atoms with E-state index in [2.05, 4.69) is 246 Å². The van der Waals surface area contributed by atoms with Crippen LogP contribution in [0.15, 0.2) is 200 Å².